The van der Waals surface area contributed by atoms with Gasteiger partial charge in [-0.15, -0.1) is 0 Å². The van der Waals surface area contributed by atoms with Crippen LogP contribution in [-0.2, 0) is 9.47 Å². The summed E-state index contributed by atoms with van der Waals surface area (Å²) in [5.74, 6) is 1.38. The van der Waals surface area contributed by atoms with Crippen molar-refractivity contribution in [3.05, 3.63) is 24.3 Å². The van der Waals surface area contributed by atoms with Gasteiger partial charge in [-0.05, 0) is 24.3 Å². The Labute approximate surface area is 107 Å². The third kappa shape index (κ3) is 1.95. The average molecular weight is 249 g/mol. The lowest BCUT2D eigenvalue weighted by molar-refractivity contribution is -0.134. The summed E-state index contributed by atoms with van der Waals surface area (Å²) in [5, 5.41) is 0. The number of hydrogen-bond donors (Lipinski definition) is 0. The minimum atomic E-state index is 0.0575. The highest BCUT2D eigenvalue weighted by atomic mass is 16.6. The van der Waals surface area contributed by atoms with Crippen molar-refractivity contribution in [1.29, 1.82) is 0 Å². The Morgan fingerprint density at radius 3 is 2.61 bits per heavy atom. The zero-order valence-electron chi connectivity index (χ0n) is 10.8. The summed E-state index contributed by atoms with van der Waals surface area (Å²) in [6, 6.07) is 8.12. The van der Waals surface area contributed by atoms with Crippen molar-refractivity contribution in [2.45, 2.75) is 19.3 Å². The molecule has 0 radical (unpaired) electrons. The van der Waals surface area contributed by atoms with E-state index in [4.69, 9.17) is 14.2 Å². The van der Waals surface area contributed by atoms with E-state index in [-0.39, 0.29) is 12.3 Å². The summed E-state index contributed by atoms with van der Waals surface area (Å²) in [5.41, 5.74) is 1.17. The van der Waals surface area contributed by atoms with Crippen molar-refractivity contribution < 1.29 is 14.2 Å². The fourth-order valence-electron chi connectivity index (χ4n) is 2.79. The number of methoxy groups -OCH3 is 1. The molecule has 3 rings (SSSR count). The molecule has 0 unspecified atom stereocenters. The fraction of sp³-hybridized carbons (Fsp3) is 0.571. The molecule has 2 saturated heterocycles. The molecule has 2 aliphatic heterocycles. The maximum atomic E-state index is 5.87. The zero-order valence-corrected chi connectivity index (χ0v) is 10.8. The monoisotopic (exact) mass is 249 g/mol. The van der Waals surface area contributed by atoms with Gasteiger partial charge >= 0.3 is 0 Å². The maximum absolute atomic E-state index is 5.87. The van der Waals surface area contributed by atoms with E-state index in [1.54, 1.807) is 7.11 Å². The van der Waals surface area contributed by atoms with Crippen LogP contribution in [0.25, 0.3) is 0 Å². The van der Waals surface area contributed by atoms with E-state index in [2.05, 4.69) is 24.0 Å². The first kappa shape index (κ1) is 11.8. The summed E-state index contributed by atoms with van der Waals surface area (Å²) >= 11 is 0. The standard InChI is InChI=1S/C14H19NO3/c1-10-9-15(14-13(10)17-7-8-18-14)11-3-5-12(16-2)6-4-11/h3-6,10,13-14H,7-9H2,1-2H3/t10-,13+,14+/m0/s1. The van der Waals surface area contributed by atoms with Crippen molar-refractivity contribution in [3.63, 3.8) is 0 Å². The lowest BCUT2D eigenvalue weighted by Crippen LogP contribution is -2.44. The number of nitrogens with zero attached hydrogens (tertiary/aromatic N) is 1. The van der Waals surface area contributed by atoms with Crippen LogP contribution in [0.2, 0.25) is 0 Å². The Hall–Kier alpha value is -1.26. The highest BCUT2D eigenvalue weighted by Crippen LogP contribution is 2.34. The van der Waals surface area contributed by atoms with E-state index in [1.807, 2.05) is 12.1 Å². The largest absolute Gasteiger partial charge is 0.497 e. The zero-order chi connectivity index (χ0) is 12.5. The first-order valence-corrected chi connectivity index (χ1v) is 6.43. The van der Waals surface area contributed by atoms with Gasteiger partial charge in [0.1, 0.15) is 11.9 Å². The van der Waals surface area contributed by atoms with Crippen molar-refractivity contribution >= 4 is 5.69 Å². The van der Waals surface area contributed by atoms with Gasteiger partial charge in [-0.25, -0.2) is 0 Å². The minimum absolute atomic E-state index is 0.0575. The quantitative estimate of drug-likeness (QED) is 0.801. The molecule has 0 N–H and O–H groups in total. The maximum Gasteiger partial charge on any atom is 0.157 e. The van der Waals surface area contributed by atoms with E-state index in [1.165, 1.54) is 5.69 Å². The molecule has 1 aromatic carbocycles. The SMILES string of the molecule is COc1ccc(N2C[C@H](C)[C@H]3OCCO[C@H]32)cc1. The van der Waals surface area contributed by atoms with Gasteiger partial charge in [0.15, 0.2) is 6.23 Å². The minimum Gasteiger partial charge on any atom is -0.497 e. The van der Waals surface area contributed by atoms with Gasteiger partial charge in [-0.2, -0.15) is 0 Å². The molecule has 2 heterocycles. The van der Waals surface area contributed by atoms with Gasteiger partial charge in [-0.1, -0.05) is 6.92 Å². The molecule has 3 atom stereocenters. The number of hydrogen-bond acceptors (Lipinski definition) is 4. The lowest BCUT2D eigenvalue weighted by Gasteiger charge is -2.33. The van der Waals surface area contributed by atoms with Gasteiger partial charge in [0.2, 0.25) is 0 Å². The molecule has 2 fully saturated rings. The van der Waals surface area contributed by atoms with Gasteiger partial charge in [-0.3, -0.25) is 0 Å². The molecular formula is C14H19NO3. The van der Waals surface area contributed by atoms with E-state index in [0.717, 1.165) is 12.3 Å². The Kier molecular flexibility index (Phi) is 3.14. The molecule has 4 heteroatoms. The average Bonchev–Trinajstić information content (AvgIpc) is 2.77. The molecule has 0 aromatic heterocycles. The Morgan fingerprint density at radius 1 is 1.17 bits per heavy atom. The summed E-state index contributed by atoms with van der Waals surface area (Å²) in [6.07, 6.45) is 0.253. The molecule has 0 spiro atoms. The molecule has 18 heavy (non-hydrogen) atoms. The van der Waals surface area contributed by atoms with Gasteiger partial charge in [0.05, 0.1) is 20.3 Å². The molecule has 1 aromatic rings. The number of rotatable bonds is 2. The highest BCUT2D eigenvalue weighted by Gasteiger charge is 2.43. The van der Waals surface area contributed by atoms with E-state index in [0.29, 0.717) is 19.1 Å². The topological polar surface area (TPSA) is 30.9 Å². The Bertz CT molecular complexity index is 406. The molecule has 0 bridgehead atoms. The normalized spacial score (nSPS) is 31.2. The summed E-state index contributed by atoms with van der Waals surface area (Å²) in [4.78, 5) is 2.29. The molecule has 2 aliphatic rings. The van der Waals surface area contributed by atoms with Crippen LogP contribution in [0.3, 0.4) is 0 Å². The molecule has 98 valence electrons. The van der Waals surface area contributed by atoms with Crippen LogP contribution >= 0.6 is 0 Å². The number of fused-ring (bicyclic) bond motifs is 1. The number of anilines is 1. The van der Waals surface area contributed by atoms with E-state index in [9.17, 15) is 0 Å². The molecule has 0 aliphatic carbocycles. The summed E-state index contributed by atoms with van der Waals surface area (Å²) < 4.78 is 16.9. The molecule has 0 saturated carbocycles. The Balaban J connectivity index is 1.82. The van der Waals surface area contributed by atoms with Crippen molar-refractivity contribution in [3.8, 4) is 5.75 Å². The second kappa shape index (κ2) is 4.78. The third-order valence-corrected chi connectivity index (χ3v) is 3.72. The predicted molar refractivity (Wildman–Crippen MR) is 69.0 cm³/mol. The fourth-order valence-corrected chi connectivity index (χ4v) is 2.79. The molecule has 4 nitrogen and oxygen atoms in total. The highest BCUT2D eigenvalue weighted by molar-refractivity contribution is 5.51. The van der Waals surface area contributed by atoms with Gasteiger partial charge in [0.25, 0.3) is 0 Å². The first-order chi connectivity index (χ1) is 8.79. The smallest absolute Gasteiger partial charge is 0.157 e. The molecular weight excluding hydrogens is 230 g/mol. The van der Waals surface area contributed by atoms with Gasteiger partial charge in [0, 0.05) is 18.2 Å². The van der Waals surface area contributed by atoms with E-state index >= 15 is 0 Å². The van der Waals surface area contributed by atoms with Crippen LogP contribution in [-0.4, -0.2) is 39.2 Å². The van der Waals surface area contributed by atoms with E-state index < -0.39 is 0 Å². The van der Waals surface area contributed by atoms with Crippen molar-refractivity contribution in [2.75, 3.05) is 31.8 Å². The predicted octanol–water partition coefficient (Wildman–Crippen LogP) is 1.89. The summed E-state index contributed by atoms with van der Waals surface area (Å²) in [6.45, 7) is 4.58. The van der Waals surface area contributed by atoms with Crippen LogP contribution in [0, 0.1) is 5.92 Å². The van der Waals surface area contributed by atoms with Crippen LogP contribution < -0.4 is 9.64 Å². The van der Waals surface area contributed by atoms with Crippen LogP contribution in [0.5, 0.6) is 5.75 Å². The van der Waals surface area contributed by atoms with Crippen molar-refractivity contribution in [2.24, 2.45) is 5.92 Å². The van der Waals surface area contributed by atoms with Crippen LogP contribution in [0.1, 0.15) is 6.92 Å². The lowest BCUT2D eigenvalue weighted by atomic mass is 10.1. The summed E-state index contributed by atoms with van der Waals surface area (Å²) in [7, 11) is 1.68. The van der Waals surface area contributed by atoms with Crippen LogP contribution in [0.4, 0.5) is 5.69 Å². The second-order valence-corrected chi connectivity index (χ2v) is 4.92. The van der Waals surface area contributed by atoms with Gasteiger partial charge < -0.3 is 19.1 Å². The second-order valence-electron chi connectivity index (χ2n) is 4.92. The number of ether oxygens (including phenoxy) is 3. The first-order valence-electron chi connectivity index (χ1n) is 6.43. The number of benzene rings is 1. The Morgan fingerprint density at radius 2 is 1.89 bits per heavy atom. The molecule has 0 amide bonds. The van der Waals surface area contributed by atoms with Crippen molar-refractivity contribution in [1.82, 2.24) is 0 Å². The third-order valence-electron chi connectivity index (χ3n) is 3.72. The van der Waals surface area contributed by atoms with Crippen LogP contribution in [0.15, 0.2) is 24.3 Å².